The number of hydrazine groups is 1. The third kappa shape index (κ3) is 3.81. The summed E-state index contributed by atoms with van der Waals surface area (Å²) in [4.78, 5) is 25.2. The van der Waals surface area contributed by atoms with Gasteiger partial charge in [-0.3, -0.25) is 10.2 Å². The van der Waals surface area contributed by atoms with Gasteiger partial charge in [-0.2, -0.15) is 5.01 Å². The van der Waals surface area contributed by atoms with Crippen LogP contribution in [0.3, 0.4) is 0 Å². The number of hydrogen-bond acceptors (Lipinski definition) is 4. The van der Waals surface area contributed by atoms with Crippen LogP contribution in [0.1, 0.15) is 12.5 Å². The summed E-state index contributed by atoms with van der Waals surface area (Å²) in [7, 11) is 1.56. The van der Waals surface area contributed by atoms with E-state index in [0.29, 0.717) is 22.0 Å². The molecule has 3 rings (SSSR count). The zero-order valence-electron chi connectivity index (χ0n) is 14.6. The first-order chi connectivity index (χ1) is 12.8. The Labute approximate surface area is 166 Å². The Bertz CT molecular complexity index is 888. The smallest absolute Gasteiger partial charge is 0.344 e. The number of amides is 3. The number of halogens is 1. The Morgan fingerprint density at radius 1 is 1.15 bits per heavy atom. The van der Waals surface area contributed by atoms with Crippen LogP contribution in [0.5, 0.6) is 5.75 Å². The van der Waals surface area contributed by atoms with E-state index in [9.17, 15) is 9.59 Å². The summed E-state index contributed by atoms with van der Waals surface area (Å²) in [6, 6.07) is 13.1. The maximum atomic E-state index is 12.9. The van der Waals surface area contributed by atoms with E-state index < -0.39 is 17.5 Å². The van der Waals surface area contributed by atoms with Crippen LogP contribution in [-0.4, -0.2) is 29.2 Å². The highest BCUT2D eigenvalue weighted by Crippen LogP contribution is 2.29. The molecule has 2 aromatic carbocycles. The lowest BCUT2D eigenvalue weighted by Gasteiger charge is -2.23. The van der Waals surface area contributed by atoms with Gasteiger partial charge in [0.1, 0.15) is 11.3 Å². The fourth-order valence-electron chi connectivity index (χ4n) is 2.65. The summed E-state index contributed by atoms with van der Waals surface area (Å²) < 4.78 is 5.12. The minimum Gasteiger partial charge on any atom is -0.497 e. The van der Waals surface area contributed by atoms with Gasteiger partial charge in [0.05, 0.1) is 7.11 Å². The van der Waals surface area contributed by atoms with Gasteiger partial charge >= 0.3 is 6.03 Å². The Hall–Kier alpha value is -2.84. The van der Waals surface area contributed by atoms with Crippen LogP contribution < -0.4 is 20.8 Å². The molecule has 2 aromatic rings. The Kier molecular flexibility index (Phi) is 5.20. The molecule has 0 bridgehead atoms. The standard InChI is InChI=1S/C18H17ClN4O3S/c1-18(11-3-9-14(26-2)10-4-11)15(24)23(17(25)21-18)22-16(27)20-13-7-5-12(19)6-8-13/h3-10H,1-2H3,(H,21,25)(H2,20,22,27)/t18-/m0/s1. The number of imide groups is 1. The van der Waals surface area contributed by atoms with Crippen molar-refractivity contribution in [1.29, 1.82) is 0 Å². The lowest BCUT2D eigenvalue weighted by molar-refractivity contribution is -0.132. The number of thiocarbonyl (C=S) groups is 1. The number of nitrogens with zero attached hydrogens (tertiary/aromatic N) is 1. The summed E-state index contributed by atoms with van der Waals surface area (Å²) in [5.74, 6) is 0.181. The zero-order chi connectivity index (χ0) is 19.6. The van der Waals surface area contributed by atoms with Crippen LogP contribution >= 0.6 is 23.8 Å². The molecule has 1 aliphatic heterocycles. The van der Waals surface area contributed by atoms with Crippen molar-refractivity contribution in [3.05, 3.63) is 59.1 Å². The molecule has 1 fully saturated rings. The Morgan fingerprint density at radius 3 is 2.37 bits per heavy atom. The molecule has 3 N–H and O–H groups in total. The van der Waals surface area contributed by atoms with Gasteiger partial charge in [-0.25, -0.2) is 4.79 Å². The van der Waals surface area contributed by atoms with Gasteiger partial charge in [0.2, 0.25) is 0 Å². The number of carbonyl (C=O) groups excluding carboxylic acids is 2. The normalized spacial score (nSPS) is 18.9. The van der Waals surface area contributed by atoms with E-state index in [1.165, 1.54) is 0 Å². The molecule has 9 heteroatoms. The topological polar surface area (TPSA) is 82.7 Å². The monoisotopic (exact) mass is 404 g/mol. The van der Waals surface area contributed by atoms with E-state index in [1.54, 1.807) is 62.6 Å². The van der Waals surface area contributed by atoms with E-state index >= 15 is 0 Å². The van der Waals surface area contributed by atoms with Crippen LogP contribution in [0, 0.1) is 0 Å². The number of rotatable bonds is 4. The van der Waals surface area contributed by atoms with Gasteiger partial charge in [-0.1, -0.05) is 23.7 Å². The molecule has 0 radical (unpaired) electrons. The van der Waals surface area contributed by atoms with Crippen LogP contribution in [0.4, 0.5) is 10.5 Å². The van der Waals surface area contributed by atoms with Gasteiger partial charge in [0, 0.05) is 10.7 Å². The van der Waals surface area contributed by atoms with Crippen LogP contribution in [-0.2, 0) is 10.3 Å². The van der Waals surface area contributed by atoms with E-state index in [4.69, 9.17) is 28.6 Å². The summed E-state index contributed by atoms with van der Waals surface area (Å²) in [5.41, 5.74) is 2.70. The molecule has 0 spiro atoms. The summed E-state index contributed by atoms with van der Waals surface area (Å²) in [5, 5.41) is 7.12. The summed E-state index contributed by atoms with van der Waals surface area (Å²) >= 11 is 11.0. The molecule has 140 valence electrons. The molecule has 0 aliphatic carbocycles. The second-order valence-electron chi connectivity index (χ2n) is 6.00. The fourth-order valence-corrected chi connectivity index (χ4v) is 2.99. The van der Waals surface area contributed by atoms with Gasteiger partial charge in [0.25, 0.3) is 5.91 Å². The maximum Gasteiger partial charge on any atom is 0.344 e. The quantitative estimate of drug-likeness (QED) is 0.536. The average molecular weight is 405 g/mol. The highest BCUT2D eigenvalue weighted by molar-refractivity contribution is 7.80. The van der Waals surface area contributed by atoms with Crippen molar-refractivity contribution in [2.24, 2.45) is 0 Å². The molecule has 7 nitrogen and oxygen atoms in total. The van der Waals surface area contributed by atoms with Gasteiger partial charge in [0.15, 0.2) is 5.11 Å². The number of hydrogen-bond donors (Lipinski definition) is 3. The number of nitrogens with one attached hydrogen (secondary N) is 3. The number of urea groups is 1. The van der Waals surface area contributed by atoms with Crippen molar-refractivity contribution in [1.82, 2.24) is 15.8 Å². The third-order valence-corrected chi connectivity index (χ3v) is 4.62. The minimum atomic E-state index is -1.22. The number of ether oxygens (including phenoxy) is 1. The van der Waals surface area contributed by atoms with E-state index in [0.717, 1.165) is 5.01 Å². The van der Waals surface area contributed by atoms with E-state index in [2.05, 4.69) is 16.1 Å². The number of methoxy groups -OCH3 is 1. The van der Waals surface area contributed by atoms with Crippen LogP contribution in [0.15, 0.2) is 48.5 Å². The van der Waals surface area contributed by atoms with Crippen molar-refractivity contribution < 1.29 is 14.3 Å². The lowest BCUT2D eigenvalue weighted by atomic mass is 9.92. The SMILES string of the molecule is COc1ccc([C@]2(C)NC(=O)N(NC(=S)Nc3ccc(Cl)cc3)C2=O)cc1. The second-order valence-corrected chi connectivity index (χ2v) is 6.84. The second kappa shape index (κ2) is 7.42. The number of carbonyl (C=O) groups is 2. The molecular weight excluding hydrogens is 388 g/mol. The molecule has 3 amide bonds. The van der Waals surface area contributed by atoms with E-state index in [-0.39, 0.29) is 5.11 Å². The van der Waals surface area contributed by atoms with Gasteiger partial charge < -0.3 is 15.4 Å². The molecule has 1 saturated heterocycles. The highest BCUT2D eigenvalue weighted by atomic mass is 35.5. The maximum absolute atomic E-state index is 12.9. The largest absolute Gasteiger partial charge is 0.497 e. The van der Waals surface area contributed by atoms with Crippen LogP contribution in [0.25, 0.3) is 0 Å². The Balaban J connectivity index is 1.73. The van der Waals surface area contributed by atoms with Crippen molar-refractivity contribution in [2.45, 2.75) is 12.5 Å². The van der Waals surface area contributed by atoms with Crippen molar-refractivity contribution in [3.8, 4) is 5.75 Å². The third-order valence-electron chi connectivity index (χ3n) is 4.17. The molecular formula is C18H17ClN4O3S. The first-order valence-corrected chi connectivity index (χ1v) is 8.76. The molecule has 27 heavy (non-hydrogen) atoms. The molecule has 1 heterocycles. The minimum absolute atomic E-state index is 0.0970. The average Bonchev–Trinajstić information content (AvgIpc) is 2.88. The predicted octanol–water partition coefficient (Wildman–Crippen LogP) is 3.02. The van der Waals surface area contributed by atoms with E-state index in [1.807, 2.05) is 0 Å². The summed E-state index contributed by atoms with van der Waals surface area (Å²) in [6.45, 7) is 1.63. The first-order valence-electron chi connectivity index (χ1n) is 7.98. The number of benzene rings is 2. The van der Waals surface area contributed by atoms with Crippen molar-refractivity contribution in [2.75, 3.05) is 12.4 Å². The molecule has 0 unspecified atom stereocenters. The molecule has 0 aromatic heterocycles. The first kappa shape index (κ1) is 18.9. The van der Waals surface area contributed by atoms with Crippen LogP contribution in [0.2, 0.25) is 5.02 Å². The summed E-state index contributed by atoms with van der Waals surface area (Å²) in [6.07, 6.45) is 0. The lowest BCUT2D eigenvalue weighted by Crippen LogP contribution is -2.49. The number of anilines is 1. The van der Waals surface area contributed by atoms with Gasteiger partial charge in [-0.05, 0) is 61.1 Å². The zero-order valence-corrected chi connectivity index (χ0v) is 16.1. The molecule has 1 aliphatic rings. The van der Waals surface area contributed by atoms with Gasteiger partial charge in [-0.15, -0.1) is 0 Å². The molecule has 0 saturated carbocycles. The Morgan fingerprint density at radius 2 is 1.78 bits per heavy atom. The molecule has 1 atom stereocenters. The van der Waals surface area contributed by atoms with Crippen molar-refractivity contribution >= 4 is 46.6 Å². The fraction of sp³-hybridized carbons (Fsp3) is 0.167. The predicted molar refractivity (Wildman–Crippen MR) is 107 cm³/mol. The highest BCUT2D eigenvalue weighted by Gasteiger charge is 2.49. The van der Waals surface area contributed by atoms with Crippen molar-refractivity contribution in [3.63, 3.8) is 0 Å².